The average molecular weight is 295 g/mol. The normalized spacial score (nSPS) is 24.6. The van der Waals surface area contributed by atoms with Crippen LogP contribution < -0.4 is 15.8 Å². The van der Waals surface area contributed by atoms with Crippen LogP contribution in [-0.2, 0) is 9.53 Å². The molecule has 1 amide bonds. The quantitative estimate of drug-likeness (QED) is 0.629. The number of nitro groups is 1. The number of carbonyl (C=O) groups is 1. The summed E-state index contributed by atoms with van der Waals surface area (Å²) in [5.41, 5.74) is 5.11. The molecule has 8 heteroatoms. The largest absolute Gasteiger partial charge is 0.495 e. The van der Waals surface area contributed by atoms with Gasteiger partial charge in [-0.2, -0.15) is 0 Å². The summed E-state index contributed by atoms with van der Waals surface area (Å²) in [4.78, 5) is 22.7. The van der Waals surface area contributed by atoms with E-state index in [4.69, 9.17) is 15.2 Å². The Labute approximate surface area is 121 Å². The number of nitrogens with zero attached hydrogens (tertiary/aromatic N) is 1. The summed E-state index contributed by atoms with van der Waals surface area (Å²) in [6, 6.07) is 3.56. The smallest absolute Gasteiger partial charge is 0.271 e. The molecule has 1 aromatic rings. The van der Waals surface area contributed by atoms with E-state index in [1.807, 2.05) is 0 Å². The number of nitrogens with two attached hydrogens (primary N) is 1. The van der Waals surface area contributed by atoms with E-state index in [0.29, 0.717) is 12.4 Å². The second-order valence-corrected chi connectivity index (χ2v) is 5.13. The van der Waals surface area contributed by atoms with Crippen LogP contribution in [0.1, 0.15) is 6.92 Å². The molecule has 0 aliphatic carbocycles. The van der Waals surface area contributed by atoms with Gasteiger partial charge in [0.25, 0.3) is 5.69 Å². The first-order valence-electron chi connectivity index (χ1n) is 6.35. The van der Waals surface area contributed by atoms with Crippen molar-refractivity contribution in [1.82, 2.24) is 0 Å². The lowest BCUT2D eigenvalue weighted by molar-refractivity contribution is -0.384. The SMILES string of the molecule is COc1ccc([N+](=O)[O-])cc1NC(=O)C1(C)COCC1N. The van der Waals surface area contributed by atoms with E-state index in [2.05, 4.69) is 5.32 Å². The van der Waals surface area contributed by atoms with Gasteiger partial charge in [0.05, 0.1) is 36.3 Å². The molecule has 8 nitrogen and oxygen atoms in total. The zero-order chi connectivity index (χ0) is 15.6. The van der Waals surface area contributed by atoms with Crippen LogP contribution in [0.2, 0.25) is 0 Å². The van der Waals surface area contributed by atoms with Gasteiger partial charge in [0.1, 0.15) is 5.75 Å². The Morgan fingerprint density at radius 2 is 2.33 bits per heavy atom. The minimum atomic E-state index is -0.879. The molecule has 2 unspecified atom stereocenters. The number of benzene rings is 1. The van der Waals surface area contributed by atoms with E-state index in [1.54, 1.807) is 6.92 Å². The van der Waals surface area contributed by atoms with Crippen LogP contribution in [0.3, 0.4) is 0 Å². The number of methoxy groups -OCH3 is 1. The maximum Gasteiger partial charge on any atom is 0.271 e. The molecule has 1 heterocycles. The maximum atomic E-state index is 12.4. The number of non-ortho nitro benzene ring substituents is 1. The van der Waals surface area contributed by atoms with Crippen LogP contribution in [0, 0.1) is 15.5 Å². The van der Waals surface area contributed by atoms with Crippen molar-refractivity contribution >= 4 is 17.3 Å². The summed E-state index contributed by atoms with van der Waals surface area (Å²) < 4.78 is 10.3. The number of ether oxygens (including phenoxy) is 2. The van der Waals surface area contributed by atoms with Crippen molar-refractivity contribution < 1.29 is 19.2 Å². The summed E-state index contributed by atoms with van der Waals surface area (Å²) in [5, 5.41) is 13.5. The monoisotopic (exact) mass is 295 g/mol. The molecule has 1 aromatic carbocycles. The first kappa shape index (κ1) is 15.2. The number of amides is 1. The molecule has 0 radical (unpaired) electrons. The Kier molecular flexibility index (Phi) is 4.10. The molecular formula is C13H17N3O5. The van der Waals surface area contributed by atoms with Gasteiger partial charge in [0, 0.05) is 18.2 Å². The molecule has 1 saturated heterocycles. The number of nitro benzene ring substituents is 1. The standard InChI is InChI=1S/C13H17N3O5/c1-13(7-21-6-11(13)14)12(17)15-9-5-8(16(18)19)3-4-10(9)20-2/h3-5,11H,6-7,14H2,1-2H3,(H,15,17). The van der Waals surface area contributed by atoms with Crippen LogP contribution in [-0.4, -0.2) is 37.2 Å². The minimum Gasteiger partial charge on any atom is -0.495 e. The molecule has 21 heavy (non-hydrogen) atoms. The van der Waals surface area contributed by atoms with Gasteiger partial charge in [-0.15, -0.1) is 0 Å². The van der Waals surface area contributed by atoms with Crippen LogP contribution in [0.25, 0.3) is 0 Å². The van der Waals surface area contributed by atoms with Crippen LogP contribution in [0.5, 0.6) is 5.75 Å². The van der Waals surface area contributed by atoms with Crippen LogP contribution in [0.15, 0.2) is 18.2 Å². The zero-order valence-electron chi connectivity index (χ0n) is 11.8. The Morgan fingerprint density at radius 1 is 1.62 bits per heavy atom. The Morgan fingerprint density at radius 3 is 2.86 bits per heavy atom. The first-order valence-corrected chi connectivity index (χ1v) is 6.35. The fraction of sp³-hybridized carbons (Fsp3) is 0.462. The number of anilines is 1. The lowest BCUT2D eigenvalue weighted by Gasteiger charge is -2.25. The van der Waals surface area contributed by atoms with Crippen molar-refractivity contribution in [3.8, 4) is 5.75 Å². The highest BCUT2D eigenvalue weighted by atomic mass is 16.6. The molecule has 1 aliphatic heterocycles. The fourth-order valence-corrected chi connectivity index (χ4v) is 2.10. The average Bonchev–Trinajstić information content (AvgIpc) is 2.79. The van der Waals surface area contributed by atoms with E-state index in [1.165, 1.54) is 25.3 Å². The fourth-order valence-electron chi connectivity index (χ4n) is 2.10. The van der Waals surface area contributed by atoms with E-state index >= 15 is 0 Å². The van der Waals surface area contributed by atoms with Gasteiger partial charge in [-0.3, -0.25) is 14.9 Å². The Bertz CT molecular complexity index is 577. The summed E-state index contributed by atoms with van der Waals surface area (Å²) in [6.07, 6.45) is 0. The second-order valence-electron chi connectivity index (χ2n) is 5.13. The third-order valence-electron chi connectivity index (χ3n) is 3.68. The van der Waals surface area contributed by atoms with Gasteiger partial charge >= 0.3 is 0 Å². The zero-order valence-corrected chi connectivity index (χ0v) is 11.8. The minimum absolute atomic E-state index is 0.136. The molecule has 2 rings (SSSR count). The van der Waals surface area contributed by atoms with Crippen molar-refractivity contribution in [2.75, 3.05) is 25.6 Å². The first-order chi connectivity index (χ1) is 9.88. The summed E-state index contributed by atoms with van der Waals surface area (Å²) in [5.74, 6) is -0.0173. The van der Waals surface area contributed by atoms with Crippen molar-refractivity contribution in [2.45, 2.75) is 13.0 Å². The van der Waals surface area contributed by atoms with Crippen molar-refractivity contribution in [1.29, 1.82) is 0 Å². The molecule has 0 saturated carbocycles. The molecule has 1 fully saturated rings. The maximum absolute atomic E-state index is 12.4. The van der Waals surface area contributed by atoms with Crippen molar-refractivity contribution in [2.24, 2.45) is 11.1 Å². The third kappa shape index (κ3) is 2.81. The molecule has 2 atom stereocenters. The number of rotatable bonds is 4. The molecule has 3 N–H and O–H groups in total. The predicted octanol–water partition coefficient (Wildman–Crippen LogP) is 0.906. The highest BCUT2D eigenvalue weighted by Crippen LogP contribution is 2.33. The molecule has 114 valence electrons. The summed E-state index contributed by atoms with van der Waals surface area (Å²) in [7, 11) is 1.42. The van der Waals surface area contributed by atoms with Crippen LogP contribution >= 0.6 is 0 Å². The molecule has 0 spiro atoms. The lowest BCUT2D eigenvalue weighted by atomic mass is 9.85. The lowest BCUT2D eigenvalue weighted by Crippen LogP contribution is -2.47. The van der Waals surface area contributed by atoms with Gasteiger partial charge in [-0.1, -0.05) is 0 Å². The van der Waals surface area contributed by atoms with Crippen LogP contribution in [0.4, 0.5) is 11.4 Å². The Hall–Kier alpha value is -2.19. The number of hydrogen-bond donors (Lipinski definition) is 2. The van der Waals surface area contributed by atoms with E-state index in [-0.39, 0.29) is 23.9 Å². The third-order valence-corrected chi connectivity index (χ3v) is 3.68. The second kappa shape index (κ2) is 5.66. The molecular weight excluding hydrogens is 278 g/mol. The Balaban J connectivity index is 2.27. The number of carbonyl (C=O) groups excluding carboxylic acids is 1. The molecule has 0 bridgehead atoms. The topological polar surface area (TPSA) is 117 Å². The van der Waals surface area contributed by atoms with Crippen molar-refractivity contribution in [3.05, 3.63) is 28.3 Å². The van der Waals surface area contributed by atoms with E-state index in [0.717, 1.165) is 0 Å². The summed E-state index contributed by atoms with van der Waals surface area (Å²) in [6.45, 7) is 2.21. The number of nitrogens with one attached hydrogen (secondary N) is 1. The summed E-state index contributed by atoms with van der Waals surface area (Å²) >= 11 is 0. The molecule has 0 aromatic heterocycles. The van der Waals surface area contributed by atoms with E-state index in [9.17, 15) is 14.9 Å². The van der Waals surface area contributed by atoms with Gasteiger partial charge in [-0.05, 0) is 13.0 Å². The van der Waals surface area contributed by atoms with Crippen molar-refractivity contribution in [3.63, 3.8) is 0 Å². The number of hydrogen-bond acceptors (Lipinski definition) is 6. The predicted molar refractivity (Wildman–Crippen MR) is 75.2 cm³/mol. The molecule has 1 aliphatic rings. The van der Waals surface area contributed by atoms with Gasteiger partial charge in [0.15, 0.2) is 0 Å². The van der Waals surface area contributed by atoms with Gasteiger partial charge in [-0.25, -0.2) is 0 Å². The highest BCUT2D eigenvalue weighted by Gasteiger charge is 2.44. The van der Waals surface area contributed by atoms with Gasteiger partial charge < -0.3 is 20.5 Å². The van der Waals surface area contributed by atoms with E-state index < -0.39 is 16.4 Å². The van der Waals surface area contributed by atoms with Gasteiger partial charge in [0.2, 0.25) is 5.91 Å². The highest BCUT2D eigenvalue weighted by molar-refractivity contribution is 5.97.